The fourth-order valence-electron chi connectivity index (χ4n) is 2.54. The van der Waals surface area contributed by atoms with Crippen molar-refractivity contribution in [3.8, 4) is 5.75 Å². The lowest BCUT2D eigenvalue weighted by atomic mass is 9.85. The number of nitrogens with two attached hydrogens (primary N) is 1. The molecule has 3 N–H and O–H groups in total. The fourth-order valence-corrected chi connectivity index (χ4v) is 2.54. The van der Waals surface area contributed by atoms with E-state index in [0.29, 0.717) is 6.61 Å². The first-order valence-corrected chi connectivity index (χ1v) is 6.98. The monoisotopic (exact) mass is 298 g/mol. The molecule has 0 radical (unpaired) electrons. The third-order valence-electron chi connectivity index (χ3n) is 3.50. The molecule has 1 aromatic carbocycles. The highest BCUT2D eigenvalue weighted by molar-refractivity contribution is 5.92. The maximum Gasteiger partial charge on any atom is 0.227 e. The number of hydrogen-bond donors (Lipinski definition) is 2. The molecule has 0 saturated heterocycles. The van der Waals surface area contributed by atoms with E-state index in [1.807, 2.05) is 31.2 Å². The zero-order valence-electron chi connectivity index (χ0n) is 11.8. The van der Waals surface area contributed by atoms with Crippen molar-refractivity contribution in [3.05, 3.63) is 24.3 Å². The van der Waals surface area contributed by atoms with Crippen LogP contribution in [0.25, 0.3) is 0 Å². The smallest absolute Gasteiger partial charge is 0.227 e. The standard InChI is InChI=1S/C15H22N2O2.ClH/c1-2-19-14-8-4-7-13(10-14)17-15(18)11-5-3-6-12(16)9-11;/h4,7-8,10-12H,2-3,5-6,9,16H2,1H3,(H,17,18);1H. The van der Waals surface area contributed by atoms with Crippen LogP contribution in [0.3, 0.4) is 0 Å². The van der Waals surface area contributed by atoms with Gasteiger partial charge in [-0.05, 0) is 38.3 Å². The number of rotatable bonds is 4. The van der Waals surface area contributed by atoms with Crippen molar-refractivity contribution in [2.45, 2.75) is 38.6 Å². The molecule has 2 rings (SSSR count). The third-order valence-corrected chi connectivity index (χ3v) is 3.50. The Morgan fingerprint density at radius 3 is 2.95 bits per heavy atom. The van der Waals surface area contributed by atoms with E-state index < -0.39 is 0 Å². The Bertz CT molecular complexity index is 440. The molecule has 1 saturated carbocycles. The average molecular weight is 299 g/mol. The highest BCUT2D eigenvalue weighted by Gasteiger charge is 2.25. The molecule has 20 heavy (non-hydrogen) atoms. The topological polar surface area (TPSA) is 64.3 Å². The number of anilines is 1. The van der Waals surface area contributed by atoms with Gasteiger partial charge >= 0.3 is 0 Å². The summed E-state index contributed by atoms with van der Waals surface area (Å²) in [6.07, 6.45) is 3.80. The van der Waals surface area contributed by atoms with Gasteiger partial charge in [0.25, 0.3) is 0 Å². The van der Waals surface area contributed by atoms with Gasteiger partial charge in [0, 0.05) is 23.7 Å². The molecule has 2 atom stereocenters. The molecule has 0 heterocycles. The molecule has 1 aliphatic rings. The lowest BCUT2D eigenvalue weighted by molar-refractivity contribution is -0.120. The molecule has 4 nitrogen and oxygen atoms in total. The Labute approximate surface area is 126 Å². The van der Waals surface area contributed by atoms with Crippen molar-refractivity contribution >= 4 is 24.0 Å². The van der Waals surface area contributed by atoms with E-state index in [9.17, 15) is 4.79 Å². The van der Waals surface area contributed by atoms with Gasteiger partial charge in [-0.3, -0.25) is 4.79 Å². The summed E-state index contributed by atoms with van der Waals surface area (Å²) < 4.78 is 5.42. The van der Waals surface area contributed by atoms with Gasteiger partial charge in [-0.25, -0.2) is 0 Å². The third kappa shape index (κ3) is 4.69. The Hall–Kier alpha value is -1.26. The number of halogens is 1. The Kier molecular flexibility index (Phi) is 6.82. The largest absolute Gasteiger partial charge is 0.494 e. The van der Waals surface area contributed by atoms with Crippen LogP contribution < -0.4 is 15.8 Å². The summed E-state index contributed by atoms with van der Waals surface area (Å²) in [4.78, 5) is 12.2. The number of ether oxygens (including phenoxy) is 1. The molecule has 112 valence electrons. The van der Waals surface area contributed by atoms with Crippen LogP contribution in [-0.2, 0) is 4.79 Å². The van der Waals surface area contributed by atoms with Crippen LogP contribution >= 0.6 is 12.4 Å². The van der Waals surface area contributed by atoms with E-state index in [2.05, 4.69) is 5.32 Å². The van der Waals surface area contributed by atoms with Crippen molar-refractivity contribution in [1.29, 1.82) is 0 Å². The minimum absolute atomic E-state index is 0. The minimum Gasteiger partial charge on any atom is -0.494 e. The van der Waals surface area contributed by atoms with Crippen LogP contribution in [0.2, 0.25) is 0 Å². The molecule has 1 fully saturated rings. The maximum absolute atomic E-state index is 12.2. The number of amides is 1. The van der Waals surface area contributed by atoms with E-state index in [4.69, 9.17) is 10.5 Å². The molecule has 1 aromatic rings. The summed E-state index contributed by atoms with van der Waals surface area (Å²) in [6, 6.07) is 7.66. The molecule has 0 spiro atoms. The lowest BCUT2D eigenvalue weighted by Gasteiger charge is -2.25. The fraction of sp³-hybridized carbons (Fsp3) is 0.533. The second-order valence-corrected chi connectivity index (χ2v) is 5.07. The quantitative estimate of drug-likeness (QED) is 0.898. The van der Waals surface area contributed by atoms with Crippen LogP contribution in [0.15, 0.2) is 24.3 Å². The number of carbonyl (C=O) groups excluding carboxylic acids is 1. The highest BCUT2D eigenvalue weighted by atomic mass is 35.5. The van der Waals surface area contributed by atoms with E-state index >= 15 is 0 Å². The molecule has 2 unspecified atom stereocenters. The molecule has 0 bridgehead atoms. The van der Waals surface area contributed by atoms with Gasteiger partial charge < -0.3 is 15.8 Å². The van der Waals surface area contributed by atoms with E-state index in [0.717, 1.165) is 37.1 Å². The minimum atomic E-state index is 0. The van der Waals surface area contributed by atoms with Crippen LogP contribution in [-0.4, -0.2) is 18.6 Å². The van der Waals surface area contributed by atoms with Crippen LogP contribution in [0, 0.1) is 5.92 Å². The first kappa shape index (κ1) is 16.8. The second-order valence-electron chi connectivity index (χ2n) is 5.07. The van der Waals surface area contributed by atoms with Gasteiger partial charge in [-0.2, -0.15) is 0 Å². The number of hydrogen-bond acceptors (Lipinski definition) is 3. The van der Waals surface area contributed by atoms with Gasteiger partial charge in [-0.15, -0.1) is 12.4 Å². The maximum atomic E-state index is 12.2. The first-order valence-electron chi connectivity index (χ1n) is 6.98. The van der Waals surface area contributed by atoms with Gasteiger partial charge in [0.15, 0.2) is 0 Å². The van der Waals surface area contributed by atoms with Crippen molar-refractivity contribution in [2.24, 2.45) is 11.7 Å². The predicted octanol–water partition coefficient (Wildman–Crippen LogP) is 2.96. The SMILES string of the molecule is CCOc1cccc(NC(=O)C2CCCC(N)C2)c1.Cl. The second kappa shape index (κ2) is 8.12. The normalized spacial score (nSPS) is 21.7. The van der Waals surface area contributed by atoms with Crippen LogP contribution in [0.5, 0.6) is 5.75 Å². The molecule has 1 amide bonds. The molecule has 0 aromatic heterocycles. The zero-order chi connectivity index (χ0) is 13.7. The van der Waals surface area contributed by atoms with E-state index in [1.165, 1.54) is 0 Å². The van der Waals surface area contributed by atoms with Crippen LogP contribution in [0.1, 0.15) is 32.6 Å². The number of benzene rings is 1. The van der Waals surface area contributed by atoms with Gasteiger partial charge in [0.1, 0.15) is 5.75 Å². The summed E-state index contributed by atoms with van der Waals surface area (Å²) in [5.41, 5.74) is 6.71. The van der Waals surface area contributed by atoms with Crippen molar-refractivity contribution in [3.63, 3.8) is 0 Å². The van der Waals surface area contributed by atoms with E-state index in [-0.39, 0.29) is 30.3 Å². The van der Waals surface area contributed by atoms with Crippen molar-refractivity contribution < 1.29 is 9.53 Å². The molecule has 1 aliphatic carbocycles. The zero-order valence-corrected chi connectivity index (χ0v) is 12.6. The summed E-state index contributed by atoms with van der Waals surface area (Å²) in [5.74, 6) is 0.893. The first-order chi connectivity index (χ1) is 9.19. The summed E-state index contributed by atoms with van der Waals surface area (Å²) in [6.45, 7) is 2.56. The van der Waals surface area contributed by atoms with Gasteiger partial charge in [0.2, 0.25) is 5.91 Å². The van der Waals surface area contributed by atoms with Gasteiger partial charge in [0.05, 0.1) is 6.61 Å². The Morgan fingerprint density at radius 2 is 2.25 bits per heavy atom. The Balaban J connectivity index is 0.00000200. The van der Waals surface area contributed by atoms with Crippen molar-refractivity contribution in [2.75, 3.05) is 11.9 Å². The molecule has 0 aliphatic heterocycles. The summed E-state index contributed by atoms with van der Waals surface area (Å²) >= 11 is 0. The molecular formula is C15H23ClN2O2. The predicted molar refractivity (Wildman–Crippen MR) is 83.4 cm³/mol. The van der Waals surface area contributed by atoms with Crippen molar-refractivity contribution in [1.82, 2.24) is 0 Å². The Morgan fingerprint density at radius 1 is 1.45 bits per heavy atom. The average Bonchev–Trinajstić information content (AvgIpc) is 2.39. The van der Waals surface area contributed by atoms with E-state index in [1.54, 1.807) is 0 Å². The summed E-state index contributed by atoms with van der Waals surface area (Å²) in [7, 11) is 0. The number of carbonyl (C=O) groups is 1. The summed E-state index contributed by atoms with van der Waals surface area (Å²) in [5, 5.41) is 2.96. The van der Waals surface area contributed by atoms with Crippen LogP contribution in [0.4, 0.5) is 5.69 Å². The lowest BCUT2D eigenvalue weighted by Crippen LogP contribution is -2.34. The molecular weight excluding hydrogens is 276 g/mol. The highest BCUT2D eigenvalue weighted by Crippen LogP contribution is 2.25. The number of nitrogens with one attached hydrogen (secondary N) is 1. The van der Waals surface area contributed by atoms with Gasteiger partial charge in [-0.1, -0.05) is 12.5 Å². The molecule has 5 heteroatoms.